The lowest BCUT2D eigenvalue weighted by molar-refractivity contribution is -0.156. The fraction of sp³-hybridized carbons (Fsp3) is 0.818. The average Bonchev–Trinajstić information content (AvgIpc) is 2.22. The predicted molar refractivity (Wildman–Crippen MR) is 63.3 cm³/mol. The Labute approximate surface area is 101 Å². The van der Waals surface area contributed by atoms with Gasteiger partial charge in [-0.25, -0.2) is 4.79 Å². The third-order valence-corrected chi connectivity index (χ3v) is 2.48. The highest BCUT2D eigenvalue weighted by Gasteiger charge is 2.31. The van der Waals surface area contributed by atoms with Crippen LogP contribution in [0.5, 0.6) is 0 Å². The van der Waals surface area contributed by atoms with Gasteiger partial charge in [-0.2, -0.15) is 0 Å². The number of aliphatic hydroxyl groups is 1. The van der Waals surface area contributed by atoms with Crippen molar-refractivity contribution in [3.63, 3.8) is 0 Å². The zero-order valence-corrected chi connectivity index (χ0v) is 10.6. The van der Waals surface area contributed by atoms with Crippen LogP contribution in [0.15, 0.2) is 0 Å². The summed E-state index contributed by atoms with van der Waals surface area (Å²) in [7, 11) is 0. The molecular formula is C11H22N2O4. The van der Waals surface area contributed by atoms with Gasteiger partial charge in [0.25, 0.3) is 0 Å². The molecule has 2 atom stereocenters. The Morgan fingerprint density at radius 2 is 1.94 bits per heavy atom. The van der Waals surface area contributed by atoms with Crippen molar-refractivity contribution in [1.82, 2.24) is 5.32 Å². The zero-order chi connectivity index (χ0) is 13.6. The Bertz CT molecular complexity index is 277. The molecule has 0 saturated carbocycles. The number of amides is 1. The Morgan fingerprint density at radius 3 is 2.29 bits per heavy atom. The molecule has 0 aromatic rings. The summed E-state index contributed by atoms with van der Waals surface area (Å²) in [5, 5.41) is 20.5. The third kappa shape index (κ3) is 5.65. The lowest BCUT2D eigenvalue weighted by Crippen LogP contribution is -2.48. The summed E-state index contributed by atoms with van der Waals surface area (Å²) in [5.41, 5.74) is 3.53. The predicted octanol–water partition coefficient (Wildman–Crippen LogP) is -0.441. The largest absolute Gasteiger partial charge is 0.479 e. The third-order valence-electron chi connectivity index (χ3n) is 2.48. The Balaban J connectivity index is 4.29. The number of carbonyl (C=O) groups excluding carboxylic acids is 1. The number of carbonyl (C=O) groups is 2. The minimum absolute atomic E-state index is 0.208. The molecule has 6 heteroatoms. The summed E-state index contributed by atoms with van der Waals surface area (Å²) in [6.07, 6.45) is 0.636. The van der Waals surface area contributed by atoms with Gasteiger partial charge in [0.15, 0.2) is 5.60 Å². The molecule has 0 aromatic carbocycles. The van der Waals surface area contributed by atoms with Crippen molar-refractivity contribution in [2.24, 2.45) is 17.6 Å². The van der Waals surface area contributed by atoms with Gasteiger partial charge in [0.1, 0.15) is 0 Å². The van der Waals surface area contributed by atoms with Crippen LogP contribution in [0.1, 0.15) is 27.2 Å². The van der Waals surface area contributed by atoms with Crippen LogP contribution in [0.4, 0.5) is 0 Å². The molecule has 0 aliphatic carbocycles. The van der Waals surface area contributed by atoms with Gasteiger partial charge in [0.05, 0.1) is 12.5 Å². The van der Waals surface area contributed by atoms with Crippen LogP contribution < -0.4 is 11.1 Å². The molecule has 0 spiro atoms. The number of hydrogen-bond acceptors (Lipinski definition) is 4. The van der Waals surface area contributed by atoms with E-state index < -0.39 is 11.6 Å². The number of rotatable bonds is 7. The van der Waals surface area contributed by atoms with Gasteiger partial charge < -0.3 is 21.3 Å². The molecular weight excluding hydrogens is 224 g/mol. The van der Waals surface area contributed by atoms with Gasteiger partial charge in [-0.05, 0) is 19.3 Å². The van der Waals surface area contributed by atoms with E-state index in [2.05, 4.69) is 5.32 Å². The number of nitrogens with two attached hydrogens (primary N) is 1. The van der Waals surface area contributed by atoms with E-state index in [1.165, 1.54) is 0 Å². The summed E-state index contributed by atoms with van der Waals surface area (Å²) < 4.78 is 0. The second-order valence-electron chi connectivity index (χ2n) is 4.86. The first kappa shape index (κ1) is 15.9. The van der Waals surface area contributed by atoms with Gasteiger partial charge >= 0.3 is 5.97 Å². The first-order valence-electron chi connectivity index (χ1n) is 5.64. The van der Waals surface area contributed by atoms with Crippen LogP contribution in [0, 0.1) is 11.8 Å². The molecule has 100 valence electrons. The highest BCUT2D eigenvalue weighted by molar-refractivity contribution is 5.81. The summed E-state index contributed by atoms with van der Waals surface area (Å²) >= 11 is 0. The zero-order valence-electron chi connectivity index (χ0n) is 10.6. The molecule has 0 fully saturated rings. The van der Waals surface area contributed by atoms with Crippen LogP contribution >= 0.6 is 0 Å². The SMILES string of the molecule is CC(C)CC(CN)C(=O)NCC(C)(O)C(=O)O. The smallest absolute Gasteiger partial charge is 0.337 e. The van der Waals surface area contributed by atoms with Crippen LogP contribution in [-0.2, 0) is 9.59 Å². The summed E-state index contributed by atoms with van der Waals surface area (Å²) in [5.74, 6) is -1.71. The number of hydrogen-bond donors (Lipinski definition) is 4. The fourth-order valence-corrected chi connectivity index (χ4v) is 1.36. The van der Waals surface area contributed by atoms with Gasteiger partial charge in [-0.1, -0.05) is 13.8 Å². The first-order valence-corrected chi connectivity index (χ1v) is 5.64. The summed E-state index contributed by atoms with van der Waals surface area (Å²) in [6.45, 7) is 4.97. The van der Waals surface area contributed by atoms with Crippen molar-refractivity contribution in [3.05, 3.63) is 0 Å². The Morgan fingerprint density at radius 1 is 1.41 bits per heavy atom. The molecule has 5 N–H and O–H groups in total. The second kappa shape index (κ2) is 6.56. The van der Waals surface area contributed by atoms with E-state index in [0.29, 0.717) is 12.3 Å². The van der Waals surface area contributed by atoms with E-state index in [1.807, 2.05) is 13.8 Å². The van der Waals surface area contributed by atoms with Gasteiger partial charge in [0, 0.05) is 6.54 Å². The van der Waals surface area contributed by atoms with Crippen molar-refractivity contribution in [2.45, 2.75) is 32.8 Å². The van der Waals surface area contributed by atoms with Crippen molar-refractivity contribution >= 4 is 11.9 Å². The lowest BCUT2D eigenvalue weighted by atomic mass is 9.96. The summed E-state index contributed by atoms with van der Waals surface area (Å²) in [4.78, 5) is 22.3. The van der Waals surface area contributed by atoms with E-state index in [0.717, 1.165) is 6.92 Å². The first-order chi connectivity index (χ1) is 7.70. The molecule has 0 aliphatic heterocycles. The molecule has 17 heavy (non-hydrogen) atoms. The molecule has 0 aromatic heterocycles. The van der Waals surface area contributed by atoms with E-state index in [4.69, 9.17) is 10.8 Å². The monoisotopic (exact) mass is 246 g/mol. The maximum atomic E-state index is 11.7. The Kier molecular flexibility index (Phi) is 6.12. The highest BCUT2D eigenvalue weighted by Crippen LogP contribution is 2.11. The van der Waals surface area contributed by atoms with Crippen LogP contribution in [0.2, 0.25) is 0 Å². The number of carboxylic acids is 1. The topological polar surface area (TPSA) is 113 Å². The molecule has 0 bridgehead atoms. The van der Waals surface area contributed by atoms with Gasteiger partial charge in [-0.15, -0.1) is 0 Å². The maximum Gasteiger partial charge on any atom is 0.337 e. The molecule has 0 rings (SSSR count). The van der Waals surface area contributed by atoms with Crippen molar-refractivity contribution < 1.29 is 19.8 Å². The van der Waals surface area contributed by atoms with Gasteiger partial charge in [0.2, 0.25) is 5.91 Å². The lowest BCUT2D eigenvalue weighted by Gasteiger charge is -2.21. The van der Waals surface area contributed by atoms with E-state index >= 15 is 0 Å². The maximum absolute atomic E-state index is 11.7. The van der Waals surface area contributed by atoms with Crippen molar-refractivity contribution in [1.29, 1.82) is 0 Å². The van der Waals surface area contributed by atoms with E-state index in [9.17, 15) is 14.7 Å². The molecule has 6 nitrogen and oxygen atoms in total. The van der Waals surface area contributed by atoms with Crippen LogP contribution in [0.25, 0.3) is 0 Å². The molecule has 0 radical (unpaired) electrons. The average molecular weight is 246 g/mol. The summed E-state index contributed by atoms with van der Waals surface area (Å²) in [6, 6.07) is 0. The number of nitrogens with one attached hydrogen (secondary N) is 1. The fourth-order valence-electron chi connectivity index (χ4n) is 1.36. The number of aliphatic carboxylic acids is 1. The standard InChI is InChI=1S/C11H22N2O4/c1-7(2)4-8(5-12)9(14)13-6-11(3,17)10(15)16/h7-8,17H,4-6,12H2,1-3H3,(H,13,14)(H,15,16). The van der Waals surface area contributed by atoms with Crippen molar-refractivity contribution in [3.8, 4) is 0 Å². The normalized spacial score (nSPS) is 16.4. The van der Waals surface area contributed by atoms with Gasteiger partial charge in [-0.3, -0.25) is 4.79 Å². The minimum atomic E-state index is -1.95. The van der Waals surface area contributed by atoms with E-state index in [1.54, 1.807) is 0 Å². The van der Waals surface area contributed by atoms with E-state index in [-0.39, 0.29) is 24.9 Å². The van der Waals surface area contributed by atoms with Crippen molar-refractivity contribution in [2.75, 3.05) is 13.1 Å². The van der Waals surface area contributed by atoms with Crippen LogP contribution in [-0.4, -0.2) is 40.8 Å². The van der Waals surface area contributed by atoms with Crippen LogP contribution in [0.3, 0.4) is 0 Å². The molecule has 0 aliphatic rings. The molecule has 2 unspecified atom stereocenters. The minimum Gasteiger partial charge on any atom is -0.479 e. The highest BCUT2D eigenvalue weighted by atomic mass is 16.4. The Hall–Kier alpha value is -1.14. The molecule has 1 amide bonds. The quantitative estimate of drug-likeness (QED) is 0.486. The molecule has 0 heterocycles. The second-order valence-corrected chi connectivity index (χ2v) is 4.86. The number of carboxylic acid groups (broad SMARTS) is 1. The molecule has 0 saturated heterocycles.